The highest BCUT2D eigenvalue weighted by molar-refractivity contribution is 9.09. The van der Waals surface area contributed by atoms with Crippen LogP contribution in [0.2, 0.25) is 0 Å². The second-order valence-electron chi connectivity index (χ2n) is 3.60. The van der Waals surface area contributed by atoms with Crippen molar-refractivity contribution in [3.63, 3.8) is 0 Å². The zero-order valence-electron chi connectivity index (χ0n) is 8.65. The van der Waals surface area contributed by atoms with Gasteiger partial charge in [0.2, 0.25) is 0 Å². The van der Waals surface area contributed by atoms with Crippen LogP contribution >= 0.6 is 15.9 Å². The lowest BCUT2D eigenvalue weighted by molar-refractivity contribution is -0.384. The summed E-state index contributed by atoms with van der Waals surface area (Å²) in [5.41, 5.74) is 1.32. The van der Waals surface area contributed by atoms with Crippen molar-refractivity contribution in [1.82, 2.24) is 0 Å². The first-order valence-corrected chi connectivity index (χ1v) is 5.88. The fourth-order valence-corrected chi connectivity index (χ4v) is 1.70. The monoisotopic (exact) mass is 271 g/mol. The zero-order valence-corrected chi connectivity index (χ0v) is 10.2. The van der Waals surface area contributed by atoms with Gasteiger partial charge in [-0.2, -0.15) is 0 Å². The zero-order chi connectivity index (χ0) is 11.3. The highest BCUT2D eigenvalue weighted by atomic mass is 79.9. The molecule has 1 aromatic rings. The highest BCUT2D eigenvalue weighted by Gasteiger charge is 2.03. The smallest absolute Gasteiger partial charge is 0.258 e. The minimum absolute atomic E-state index is 0.160. The van der Waals surface area contributed by atoms with Gasteiger partial charge in [0, 0.05) is 17.0 Å². The van der Waals surface area contributed by atoms with Crippen LogP contribution < -0.4 is 0 Å². The van der Waals surface area contributed by atoms with Crippen molar-refractivity contribution < 1.29 is 4.92 Å². The summed E-state index contributed by atoms with van der Waals surface area (Å²) in [4.78, 5) is 10.6. The van der Waals surface area contributed by atoms with Crippen molar-refractivity contribution in [1.29, 1.82) is 0 Å². The third-order valence-electron chi connectivity index (χ3n) is 2.21. The maximum atomic E-state index is 10.4. The van der Waals surface area contributed by atoms with E-state index in [1.807, 2.05) is 12.1 Å². The van der Waals surface area contributed by atoms with Crippen molar-refractivity contribution in [2.24, 2.45) is 0 Å². The largest absolute Gasteiger partial charge is 0.269 e. The van der Waals surface area contributed by atoms with Crippen molar-refractivity contribution in [3.8, 4) is 0 Å². The molecule has 0 heterocycles. The van der Waals surface area contributed by atoms with Gasteiger partial charge in [-0.1, -0.05) is 35.0 Å². The number of alkyl halides is 1. The van der Waals surface area contributed by atoms with Gasteiger partial charge in [0.15, 0.2) is 0 Å². The lowest BCUT2D eigenvalue weighted by Crippen LogP contribution is -1.93. The van der Waals surface area contributed by atoms with Gasteiger partial charge in [-0.15, -0.1) is 0 Å². The lowest BCUT2D eigenvalue weighted by Gasteiger charge is -2.03. The SMILES string of the molecule is CC(Br)CCCc1ccc([N+](=O)[O-])cc1. The van der Waals surface area contributed by atoms with E-state index in [4.69, 9.17) is 0 Å². The fraction of sp³-hybridized carbons (Fsp3) is 0.455. The summed E-state index contributed by atoms with van der Waals surface area (Å²) < 4.78 is 0. The van der Waals surface area contributed by atoms with Gasteiger partial charge >= 0.3 is 0 Å². The topological polar surface area (TPSA) is 43.1 Å². The van der Waals surface area contributed by atoms with Gasteiger partial charge in [-0.05, 0) is 24.8 Å². The molecular weight excluding hydrogens is 258 g/mol. The number of rotatable bonds is 5. The van der Waals surface area contributed by atoms with Crippen LogP contribution in [-0.4, -0.2) is 9.75 Å². The molecule has 82 valence electrons. The molecule has 1 rings (SSSR count). The molecule has 0 amide bonds. The second kappa shape index (κ2) is 5.85. The van der Waals surface area contributed by atoms with E-state index < -0.39 is 0 Å². The molecule has 1 aromatic carbocycles. The molecule has 0 aliphatic heterocycles. The average Bonchev–Trinajstić information content (AvgIpc) is 2.18. The molecule has 0 fully saturated rings. The molecule has 0 saturated heterocycles. The van der Waals surface area contributed by atoms with Crippen LogP contribution in [-0.2, 0) is 6.42 Å². The molecule has 0 spiro atoms. The lowest BCUT2D eigenvalue weighted by atomic mass is 10.1. The van der Waals surface area contributed by atoms with E-state index in [1.165, 1.54) is 0 Å². The summed E-state index contributed by atoms with van der Waals surface area (Å²) in [7, 11) is 0. The van der Waals surface area contributed by atoms with Gasteiger partial charge < -0.3 is 0 Å². The number of halogens is 1. The van der Waals surface area contributed by atoms with Crippen LogP contribution in [0.5, 0.6) is 0 Å². The highest BCUT2D eigenvalue weighted by Crippen LogP contribution is 2.15. The fourth-order valence-electron chi connectivity index (χ4n) is 1.37. The van der Waals surface area contributed by atoms with E-state index in [1.54, 1.807) is 12.1 Å². The second-order valence-corrected chi connectivity index (χ2v) is 5.16. The maximum Gasteiger partial charge on any atom is 0.269 e. The molecule has 1 atom stereocenters. The number of aryl methyl sites for hydroxylation is 1. The number of benzene rings is 1. The molecule has 1 unspecified atom stereocenters. The normalized spacial score (nSPS) is 12.4. The molecule has 0 N–H and O–H groups in total. The Morgan fingerprint density at radius 3 is 2.47 bits per heavy atom. The van der Waals surface area contributed by atoms with Crippen molar-refractivity contribution in [2.75, 3.05) is 0 Å². The van der Waals surface area contributed by atoms with Crippen LogP contribution in [0.25, 0.3) is 0 Å². The third kappa shape index (κ3) is 4.42. The minimum Gasteiger partial charge on any atom is -0.258 e. The molecule has 0 saturated carbocycles. The van der Waals surface area contributed by atoms with Crippen LogP contribution in [0.15, 0.2) is 24.3 Å². The Hall–Kier alpha value is -0.900. The Balaban J connectivity index is 2.46. The molecule has 4 heteroatoms. The number of nitro benzene ring substituents is 1. The van der Waals surface area contributed by atoms with Gasteiger partial charge in [0.1, 0.15) is 0 Å². The Labute approximate surface area is 97.8 Å². The van der Waals surface area contributed by atoms with Gasteiger partial charge in [0.05, 0.1) is 4.92 Å². The molecular formula is C11H14BrNO2. The van der Waals surface area contributed by atoms with E-state index in [0.717, 1.165) is 24.8 Å². The summed E-state index contributed by atoms with van der Waals surface area (Å²) in [6.07, 6.45) is 3.20. The predicted molar refractivity (Wildman–Crippen MR) is 64.4 cm³/mol. The minimum atomic E-state index is -0.371. The number of nitro groups is 1. The van der Waals surface area contributed by atoms with E-state index >= 15 is 0 Å². The third-order valence-corrected chi connectivity index (χ3v) is 2.67. The quantitative estimate of drug-likeness (QED) is 0.466. The van der Waals surface area contributed by atoms with E-state index in [9.17, 15) is 10.1 Å². The van der Waals surface area contributed by atoms with Crippen LogP contribution in [0.3, 0.4) is 0 Å². The predicted octanol–water partition coefficient (Wildman–Crippen LogP) is 3.70. The van der Waals surface area contributed by atoms with Gasteiger partial charge in [-0.25, -0.2) is 0 Å². The Kier molecular flexibility index (Phi) is 4.75. The molecule has 0 aliphatic rings. The summed E-state index contributed by atoms with van der Waals surface area (Å²) in [5.74, 6) is 0. The summed E-state index contributed by atoms with van der Waals surface area (Å²) in [6.45, 7) is 2.12. The Morgan fingerprint density at radius 2 is 2.00 bits per heavy atom. The molecule has 0 radical (unpaired) electrons. The van der Waals surface area contributed by atoms with Crippen LogP contribution in [0.4, 0.5) is 5.69 Å². The number of nitrogens with zero attached hydrogens (tertiary/aromatic N) is 1. The number of hydrogen-bond acceptors (Lipinski definition) is 2. The maximum absolute atomic E-state index is 10.4. The van der Waals surface area contributed by atoms with Crippen LogP contribution in [0, 0.1) is 10.1 Å². The van der Waals surface area contributed by atoms with E-state index in [-0.39, 0.29) is 10.6 Å². The summed E-state index contributed by atoms with van der Waals surface area (Å²) in [5, 5.41) is 10.4. The molecule has 0 aromatic heterocycles. The molecule has 3 nitrogen and oxygen atoms in total. The van der Waals surface area contributed by atoms with E-state index in [0.29, 0.717) is 4.83 Å². The molecule has 0 bridgehead atoms. The first kappa shape index (κ1) is 12.2. The molecule has 15 heavy (non-hydrogen) atoms. The number of hydrogen-bond donors (Lipinski definition) is 0. The summed E-state index contributed by atoms with van der Waals surface area (Å²) >= 11 is 3.49. The standard InChI is InChI=1S/C11H14BrNO2/c1-9(12)3-2-4-10-5-7-11(8-6-10)13(14)15/h5-9H,2-4H2,1H3. The first-order valence-electron chi connectivity index (χ1n) is 4.97. The van der Waals surface area contributed by atoms with Gasteiger partial charge in [-0.3, -0.25) is 10.1 Å². The first-order chi connectivity index (χ1) is 7.09. The average molecular weight is 272 g/mol. The number of non-ortho nitro benzene ring substituents is 1. The summed E-state index contributed by atoms with van der Waals surface area (Å²) in [6, 6.07) is 6.79. The molecule has 0 aliphatic carbocycles. The van der Waals surface area contributed by atoms with Crippen LogP contribution in [0.1, 0.15) is 25.3 Å². The van der Waals surface area contributed by atoms with Crippen molar-refractivity contribution >= 4 is 21.6 Å². The van der Waals surface area contributed by atoms with Crippen molar-refractivity contribution in [2.45, 2.75) is 31.0 Å². The Bertz CT molecular complexity index is 322. The van der Waals surface area contributed by atoms with Gasteiger partial charge in [0.25, 0.3) is 5.69 Å². The Morgan fingerprint density at radius 1 is 1.40 bits per heavy atom. The van der Waals surface area contributed by atoms with E-state index in [2.05, 4.69) is 22.9 Å². The van der Waals surface area contributed by atoms with Crippen molar-refractivity contribution in [3.05, 3.63) is 39.9 Å².